The third-order valence-electron chi connectivity index (χ3n) is 11.0. The fourth-order valence-corrected chi connectivity index (χ4v) is 9.73. The van der Waals surface area contributed by atoms with Crippen molar-refractivity contribution in [1.29, 1.82) is 0 Å². The first kappa shape index (κ1) is 28.1. The number of nitrogens with zero attached hydrogens (tertiary/aromatic N) is 2. The van der Waals surface area contributed by atoms with E-state index in [1.54, 1.807) is 0 Å². The molecule has 6 nitrogen and oxygen atoms in total. The molecule has 44 heavy (non-hydrogen) atoms. The van der Waals surface area contributed by atoms with Crippen molar-refractivity contribution in [2.75, 3.05) is 0 Å². The predicted octanol–water partition coefficient (Wildman–Crippen LogP) is 7.78. The van der Waals surface area contributed by atoms with Gasteiger partial charge in [0.25, 0.3) is 11.1 Å². The van der Waals surface area contributed by atoms with Crippen molar-refractivity contribution in [2.24, 2.45) is 0 Å². The van der Waals surface area contributed by atoms with Crippen LogP contribution in [0.5, 0.6) is 0 Å². The largest absolute Gasteiger partial charge is 0.310 e. The lowest BCUT2D eigenvalue weighted by Gasteiger charge is -2.38. The molecule has 0 aliphatic heterocycles. The summed E-state index contributed by atoms with van der Waals surface area (Å²) in [4.78, 5) is 44.4. The highest BCUT2D eigenvalue weighted by Crippen LogP contribution is 2.49. The topological polar surface area (TPSA) is 91.5 Å². The van der Waals surface area contributed by atoms with Gasteiger partial charge in [-0.15, -0.1) is 0 Å². The van der Waals surface area contributed by atoms with Crippen molar-refractivity contribution in [3.63, 3.8) is 0 Å². The molecule has 4 aliphatic carbocycles. The Morgan fingerprint density at radius 3 is 1.64 bits per heavy atom. The first-order valence-electron chi connectivity index (χ1n) is 16.6. The van der Waals surface area contributed by atoms with Crippen LogP contribution in [0.15, 0.2) is 63.3 Å². The van der Waals surface area contributed by atoms with Gasteiger partial charge in [-0.2, -0.15) is 0 Å². The van der Waals surface area contributed by atoms with Crippen LogP contribution in [0.25, 0.3) is 22.5 Å². The molecule has 2 aromatic heterocycles. The molecule has 0 radical (unpaired) electrons. The molecule has 2 fully saturated rings. The lowest BCUT2D eigenvalue weighted by atomic mass is 9.65. The standard InChI is InChI=1S/C37H40N4O2S/c42-33-29-31(26-15-7-5-13-24(26)21-36(29)17-9-1-2-10-18-36)38-28(39-33)23-44-35-40-32-27-16-8-6-14-25(27)22-37(30(32)34(43)41-35)19-11-3-4-12-20-37/h5-8,13-16H,1-4,9-12,17-23H2,(H,38,39,42)(H,40,41,43). The molecule has 0 bridgehead atoms. The van der Waals surface area contributed by atoms with Crippen LogP contribution in [-0.4, -0.2) is 19.9 Å². The number of aromatic amines is 2. The van der Waals surface area contributed by atoms with Crippen LogP contribution < -0.4 is 11.1 Å². The summed E-state index contributed by atoms with van der Waals surface area (Å²) < 4.78 is 0. The monoisotopic (exact) mass is 604 g/mol. The summed E-state index contributed by atoms with van der Waals surface area (Å²) in [6.07, 6.45) is 15.5. The van der Waals surface area contributed by atoms with Crippen molar-refractivity contribution in [2.45, 2.75) is 112 Å². The second kappa shape index (κ2) is 11.2. The molecule has 2 N–H and O–H groups in total. The molecule has 2 aromatic carbocycles. The van der Waals surface area contributed by atoms with Crippen molar-refractivity contribution >= 4 is 11.8 Å². The highest BCUT2D eigenvalue weighted by Gasteiger charge is 2.43. The minimum atomic E-state index is -0.142. The Kier molecular flexibility index (Phi) is 7.12. The molecule has 226 valence electrons. The van der Waals surface area contributed by atoms with Gasteiger partial charge in [-0.25, -0.2) is 9.97 Å². The fourth-order valence-electron chi connectivity index (χ4n) is 9.00. The van der Waals surface area contributed by atoms with Crippen molar-refractivity contribution < 1.29 is 0 Å². The van der Waals surface area contributed by atoms with E-state index in [-0.39, 0.29) is 21.9 Å². The molecule has 4 aliphatic rings. The molecular formula is C37H40N4O2S. The van der Waals surface area contributed by atoms with E-state index in [1.807, 2.05) is 12.1 Å². The molecular weight excluding hydrogens is 565 g/mol. The first-order valence-corrected chi connectivity index (χ1v) is 17.6. The van der Waals surface area contributed by atoms with Gasteiger partial charge in [-0.3, -0.25) is 9.59 Å². The summed E-state index contributed by atoms with van der Waals surface area (Å²) in [7, 11) is 0. The highest BCUT2D eigenvalue weighted by molar-refractivity contribution is 7.98. The van der Waals surface area contributed by atoms with Gasteiger partial charge in [0.15, 0.2) is 5.16 Å². The molecule has 0 unspecified atom stereocenters. The zero-order valence-corrected chi connectivity index (χ0v) is 26.2. The van der Waals surface area contributed by atoms with Gasteiger partial charge in [-0.05, 0) is 49.7 Å². The van der Waals surface area contributed by atoms with Crippen molar-refractivity contribution in [3.8, 4) is 22.5 Å². The third-order valence-corrected chi connectivity index (χ3v) is 11.9. The Bertz CT molecular complexity index is 1710. The van der Waals surface area contributed by atoms with E-state index < -0.39 is 0 Å². The number of hydrogen-bond acceptors (Lipinski definition) is 5. The van der Waals surface area contributed by atoms with E-state index in [4.69, 9.17) is 9.97 Å². The van der Waals surface area contributed by atoms with E-state index >= 15 is 0 Å². The number of nitrogens with one attached hydrogen (secondary N) is 2. The second-order valence-electron chi connectivity index (χ2n) is 13.7. The van der Waals surface area contributed by atoms with E-state index in [0.29, 0.717) is 16.7 Å². The Labute approximate surface area is 262 Å². The number of rotatable bonds is 3. The smallest absolute Gasteiger partial charge is 0.255 e. The molecule has 7 heteroatoms. The normalized spacial score (nSPS) is 19.7. The van der Waals surface area contributed by atoms with Crippen molar-refractivity contribution in [3.05, 3.63) is 97.3 Å². The molecule has 2 spiro atoms. The number of thioether (sulfide) groups is 1. The average Bonchev–Trinajstić information content (AvgIpc) is 3.41. The summed E-state index contributed by atoms with van der Waals surface area (Å²) in [6, 6.07) is 17.0. The number of aromatic nitrogens is 4. The molecule has 2 saturated carbocycles. The van der Waals surface area contributed by atoms with Gasteiger partial charge >= 0.3 is 0 Å². The molecule has 0 saturated heterocycles. The number of H-pyrrole nitrogens is 2. The average molecular weight is 605 g/mol. The van der Waals surface area contributed by atoms with Gasteiger partial charge in [0.05, 0.1) is 28.3 Å². The van der Waals surface area contributed by atoms with E-state index in [1.165, 1.54) is 48.6 Å². The van der Waals surface area contributed by atoms with Crippen molar-refractivity contribution in [1.82, 2.24) is 19.9 Å². The van der Waals surface area contributed by atoms with Gasteiger partial charge in [-0.1, -0.05) is 112 Å². The maximum absolute atomic E-state index is 13.9. The van der Waals surface area contributed by atoms with E-state index in [0.717, 1.165) is 97.8 Å². The Hall–Kier alpha value is -3.45. The summed E-state index contributed by atoms with van der Waals surface area (Å²) in [6.45, 7) is 0. The zero-order chi connectivity index (χ0) is 29.7. The highest BCUT2D eigenvalue weighted by atomic mass is 32.2. The third kappa shape index (κ3) is 4.70. The Balaban J connectivity index is 1.17. The number of fused-ring (bicyclic) bond motifs is 8. The summed E-state index contributed by atoms with van der Waals surface area (Å²) >= 11 is 1.45. The fraction of sp³-hybridized carbons (Fsp3) is 0.459. The summed E-state index contributed by atoms with van der Waals surface area (Å²) in [5.74, 6) is 1.05. The SMILES string of the molecule is O=c1[nH]c(CSc2nc3c(c(=O)[nH]2)C2(CCCCCC2)Cc2ccccc2-3)nc2c1C1(CCCCCC1)Cc1ccccc1-2. The van der Waals surface area contributed by atoms with Gasteiger partial charge in [0.2, 0.25) is 0 Å². The minimum absolute atomic E-state index is 0.00173. The minimum Gasteiger partial charge on any atom is -0.310 e. The lowest BCUT2D eigenvalue weighted by molar-refractivity contribution is 0.358. The van der Waals surface area contributed by atoms with Crippen LogP contribution in [-0.2, 0) is 29.4 Å². The zero-order valence-electron chi connectivity index (χ0n) is 25.3. The second-order valence-corrected chi connectivity index (χ2v) is 14.6. The van der Waals surface area contributed by atoms with Crippen LogP contribution in [0, 0.1) is 0 Å². The molecule has 0 amide bonds. The summed E-state index contributed by atoms with van der Waals surface area (Å²) in [5.41, 5.74) is 7.92. The Morgan fingerprint density at radius 1 is 0.614 bits per heavy atom. The van der Waals surface area contributed by atoms with Crippen LogP contribution in [0.4, 0.5) is 0 Å². The quantitative estimate of drug-likeness (QED) is 0.184. The Morgan fingerprint density at radius 2 is 1.09 bits per heavy atom. The maximum Gasteiger partial charge on any atom is 0.255 e. The van der Waals surface area contributed by atoms with Crippen LogP contribution in [0.2, 0.25) is 0 Å². The lowest BCUT2D eigenvalue weighted by Crippen LogP contribution is -2.39. The number of benzene rings is 2. The summed E-state index contributed by atoms with van der Waals surface area (Å²) in [5, 5.41) is 0.579. The van der Waals surface area contributed by atoms with Crippen LogP contribution in [0.3, 0.4) is 0 Å². The predicted molar refractivity (Wildman–Crippen MR) is 176 cm³/mol. The molecule has 0 atom stereocenters. The van der Waals surface area contributed by atoms with E-state index in [2.05, 4.69) is 46.4 Å². The van der Waals surface area contributed by atoms with Crippen LogP contribution in [0.1, 0.15) is 105 Å². The van der Waals surface area contributed by atoms with Gasteiger partial charge in [0, 0.05) is 22.0 Å². The van der Waals surface area contributed by atoms with Crippen LogP contribution >= 0.6 is 11.8 Å². The van der Waals surface area contributed by atoms with E-state index in [9.17, 15) is 9.59 Å². The van der Waals surface area contributed by atoms with Gasteiger partial charge in [0.1, 0.15) is 5.82 Å². The maximum atomic E-state index is 13.9. The first-order chi connectivity index (χ1) is 21.6. The number of hydrogen-bond donors (Lipinski definition) is 2. The molecule has 8 rings (SSSR count). The molecule has 4 aromatic rings. The molecule has 2 heterocycles. The van der Waals surface area contributed by atoms with Gasteiger partial charge < -0.3 is 9.97 Å².